The fourth-order valence-corrected chi connectivity index (χ4v) is 3.36. The molecular weight excluding hydrogens is 148 g/mol. The minimum absolute atomic E-state index is 0.174. The molecule has 1 rings (SSSR count). The Kier molecular flexibility index (Phi) is 2.04. The lowest BCUT2D eigenvalue weighted by Gasteiger charge is -2.11. The molecule has 0 saturated carbocycles. The molecule has 2 nitrogen and oxygen atoms in total. The van der Waals surface area contributed by atoms with Crippen molar-refractivity contribution in [3.8, 4) is 0 Å². The molecule has 0 bridgehead atoms. The van der Waals surface area contributed by atoms with Gasteiger partial charge in [0.05, 0.1) is 11.0 Å². The van der Waals surface area contributed by atoms with Crippen LogP contribution >= 0.6 is 0 Å². The first-order valence-electron chi connectivity index (χ1n) is 3.59. The molecule has 1 saturated heterocycles. The van der Waals surface area contributed by atoms with Crippen molar-refractivity contribution in [2.24, 2.45) is 5.92 Å². The normalized spacial score (nSPS) is 31.3. The summed E-state index contributed by atoms with van der Waals surface area (Å²) in [5.74, 6) is 0.600. The van der Waals surface area contributed by atoms with Gasteiger partial charge in [-0.2, -0.15) is 0 Å². The monoisotopic (exact) mass is 161 g/mol. The summed E-state index contributed by atoms with van der Waals surface area (Å²) in [5, 5.41) is -0.174. The van der Waals surface area contributed by atoms with Gasteiger partial charge in [-0.1, -0.05) is 13.8 Å². The second-order valence-electron chi connectivity index (χ2n) is 3.10. The molecule has 10 heavy (non-hydrogen) atoms. The van der Waals surface area contributed by atoms with Crippen molar-refractivity contribution >= 4 is 9.84 Å². The van der Waals surface area contributed by atoms with Gasteiger partial charge in [0.2, 0.25) is 0 Å². The van der Waals surface area contributed by atoms with E-state index < -0.39 is 9.84 Å². The van der Waals surface area contributed by atoms with Gasteiger partial charge < -0.3 is 0 Å². The summed E-state index contributed by atoms with van der Waals surface area (Å²) in [6.07, 6.45) is 2.66. The molecule has 59 valence electrons. The van der Waals surface area contributed by atoms with Crippen molar-refractivity contribution < 1.29 is 8.42 Å². The summed E-state index contributed by atoms with van der Waals surface area (Å²) in [5.41, 5.74) is 0. The predicted molar refractivity (Wildman–Crippen MR) is 41.3 cm³/mol. The Labute approximate surface area is 62.5 Å². The highest BCUT2D eigenvalue weighted by Gasteiger charge is 2.33. The van der Waals surface area contributed by atoms with E-state index in [0.29, 0.717) is 5.75 Å². The Morgan fingerprint density at radius 3 is 2.30 bits per heavy atom. The average molecular weight is 161 g/mol. The molecule has 0 aromatic rings. The Morgan fingerprint density at radius 2 is 2.10 bits per heavy atom. The average Bonchev–Trinajstić information content (AvgIpc) is 2.08. The first-order valence-corrected chi connectivity index (χ1v) is 5.30. The Balaban J connectivity index is 2.79. The van der Waals surface area contributed by atoms with Gasteiger partial charge >= 0.3 is 0 Å². The van der Waals surface area contributed by atoms with Crippen LogP contribution in [0.2, 0.25) is 0 Å². The van der Waals surface area contributed by atoms with Crippen LogP contribution in [0.1, 0.15) is 20.3 Å². The molecule has 0 aromatic heterocycles. The minimum Gasteiger partial charge on any atom is -0.229 e. The molecule has 0 aliphatic carbocycles. The molecule has 1 radical (unpaired) electrons. The maximum atomic E-state index is 11.2. The van der Waals surface area contributed by atoms with Crippen LogP contribution in [-0.4, -0.2) is 19.4 Å². The van der Waals surface area contributed by atoms with Crippen molar-refractivity contribution in [1.82, 2.24) is 0 Å². The van der Waals surface area contributed by atoms with Gasteiger partial charge in [0.25, 0.3) is 0 Å². The SMILES string of the molecule is CC(C)[C@H]1[CH]CCS1(=O)=O. The summed E-state index contributed by atoms with van der Waals surface area (Å²) in [6.45, 7) is 3.90. The van der Waals surface area contributed by atoms with E-state index in [2.05, 4.69) is 0 Å². The van der Waals surface area contributed by atoms with Crippen LogP contribution in [0.5, 0.6) is 0 Å². The summed E-state index contributed by atoms with van der Waals surface area (Å²) >= 11 is 0. The smallest absolute Gasteiger partial charge is 0.153 e. The second-order valence-corrected chi connectivity index (χ2v) is 5.38. The molecule has 1 aliphatic heterocycles. The standard InChI is InChI=1S/C7H13O2S/c1-6(2)7-4-3-5-10(7,8)9/h4,6-7H,3,5H2,1-2H3/t7-/m1/s1. The van der Waals surface area contributed by atoms with Crippen LogP contribution in [-0.2, 0) is 9.84 Å². The van der Waals surface area contributed by atoms with Gasteiger partial charge in [0.1, 0.15) is 0 Å². The molecule has 3 heteroatoms. The zero-order chi connectivity index (χ0) is 7.78. The fourth-order valence-electron chi connectivity index (χ4n) is 1.37. The zero-order valence-corrected chi connectivity index (χ0v) is 7.19. The van der Waals surface area contributed by atoms with Crippen LogP contribution in [0.3, 0.4) is 0 Å². The van der Waals surface area contributed by atoms with Crippen molar-refractivity contribution in [3.63, 3.8) is 0 Å². The first kappa shape index (κ1) is 8.05. The van der Waals surface area contributed by atoms with Crippen LogP contribution in [0.25, 0.3) is 0 Å². The largest absolute Gasteiger partial charge is 0.229 e. The van der Waals surface area contributed by atoms with E-state index in [1.54, 1.807) is 0 Å². The molecule has 1 aliphatic rings. The third kappa shape index (κ3) is 1.34. The highest BCUT2D eigenvalue weighted by molar-refractivity contribution is 7.92. The maximum Gasteiger partial charge on any atom is 0.153 e. The predicted octanol–water partition coefficient (Wildman–Crippen LogP) is 1.03. The number of hydrogen-bond donors (Lipinski definition) is 0. The quantitative estimate of drug-likeness (QED) is 0.575. The molecule has 1 heterocycles. The van der Waals surface area contributed by atoms with Gasteiger partial charge in [-0.05, 0) is 18.8 Å². The van der Waals surface area contributed by atoms with Gasteiger partial charge in [-0.15, -0.1) is 0 Å². The van der Waals surface area contributed by atoms with Crippen LogP contribution in [0.4, 0.5) is 0 Å². The van der Waals surface area contributed by atoms with E-state index in [0.717, 1.165) is 6.42 Å². The van der Waals surface area contributed by atoms with E-state index in [1.165, 1.54) is 0 Å². The fraction of sp³-hybridized carbons (Fsp3) is 0.857. The number of sulfone groups is 1. The Bertz CT molecular complexity index is 204. The van der Waals surface area contributed by atoms with Gasteiger partial charge in [0, 0.05) is 0 Å². The van der Waals surface area contributed by atoms with E-state index in [-0.39, 0.29) is 11.2 Å². The topological polar surface area (TPSA) is 34.1 Å². The van der Waals surface area contributed by atoms with E-state index in [9.17, 15) is 8.42 Å². The van der Waals surface area contributed by atoms with Gasteiger partial charge in [-0.3, -0.25) is 0 Å². The summed E-state index contributed by atoms with van der Waals surface area (Å²) in [4.78, 5) is 0. The Hall–Kier alpha value is -0.0500. The lowest BCUT2D eigenvalue weighted by atomic mass is 10.1. The Morgan fingerprint density at radius 1 is 1.50 bits per heavy atom. The lowest BCUT2D eigenvalue weighted by molar-refractivity contribution is 0.564. The third-order valence-electron chi connectivity index (χ3n) is 1.87. The molecule has 0 spiro atoms. The molecule has 0 N–H and O–H groups in total. The van der Waals surface area contributed by atoms with Crippen molar-refractivity contribution in [2.75, 3.05) is 5.75 Å². The maximum absolute atomic E-state index is 11.2. The lowest BCUT2D eigenvalue weighted by Crippen LogP contribution is -2.21. The van der Waals surface area contributed by atoms with Gasteiger partial charge in [-0.25, -0.2) is 8.42 Å². The van der Waals surface area contributed by atoms with Crippen LogP contribution < -0.4 is 0 Å². The second kappa shape index (κ2) is 2.53. The van der Waals surface area contributed by atoms with E-state index in [1.807, 2.05) is 20.3 Å². The van der Waals surface area contributed by atoms with Gasteiger partial charge in [0.15, 0.2) is 9.84 Å². The summed E-state index contributed by atoms with van der Waals surface area (Å²) < 4.78 is 22.3. The van der Waals surface area contributed by atoms with Crippen LogP contribution in [0, 0.1) is 12.3 Å². The molecule has 0 aromatic carbocycles. The summed E-state index contributed by atoms with van der Waals surface area (Å²) in [6, 6.07) is 0. The third-order valence-corrected chi connectivity index (χ3v) is 4.24. The van der Waals surface area contributed by atoms with E-state index in [4.69, 9.17) is 0 Å². The number of hydrogen-bond acceptors (Lipinski definition) is 2. The first-order chi connectivity index (χ1) is 4.54. The minimum atomic E-state index is -2.74. The summed E-state index contributed by atoms with van der Waals surface area (Å²) in [7, 11) is -2.74. The zero-order valence-electron chi connectivity index (χ0n) is 6.37. The van der Waals surface area contributed by atoms with Crippen molar-refractivity contribution in [1.29, 1.82) is 0 Å². The van der Waals surface area contributed by atoms with Crippen LogP contribution in [0.15, 0.2) is 0 Å². The molecule has 0 unspecified atom stereocenters. The molecule has 1 atom stereocenters. The van der Waals surface area contributed by atoms with Crippen molar-refractivity contribution in [3.05, 3.63) is 6.42 Å². The van der Waals surface area contributed by atoms with Crippen molar-refractivity contribution in [2.45, 2.75) is 25.5 Å². The molecule has 0 amide bonds. The van der Waals surface area contributed by atoms with E-state index >= 15 is 0 Å². The highest BCUT2D eigenvalue weighted by atomic mass is 32.2. The molecular formula is C7H13O2S. The highest BCUT2D eigenvalue weighted by Crippen LogP contribution is 2.24. The number of rotatable bonds is 1. The molecule has 1 fully saturated rings.